The van der Waals surface area contributed by atoms with E-state index in [1.54, 1.807) is 0 Å². The van der Waals surface area contributed by atoms with E-state index in [4.69, 9.17) is 10.1 Å². The average molecular weight is 402 g/mol. The van der Waals surface area contributed by atoms with Crippen LogP contribution < -0.4 is 4.90 Å². The number of fused-ring (bicyclic) bond motifs is 1. The zero-order chi connectivity index (χ0) is 21.6. The molecule has 4 rings (SSSR count). The summed E-state index contributed by atoms with van der Waals surface area (Å²) in [6.45, 7) is 10.4. The Bertz CT molecular complexity index is 1180. The molecule has 2 aromatic heterocycles. The SMILES string of the molecule is Cc1cccc(-c2nnc3n2N=C(C(C)(C)C)C3=Nc2ccc(N(C)C)nc2C)c1. The molecule has 0 bridgehead atoms. The number of nitrogens with zero attached hydrogens (tertiary/aromatic N) is 7. The highest BCUT2D eigenvalue weighted by Gasteiger charge is 2.35. The fourth-order valence-electron chi connectivity index (χ4n) is 3.38. The molecule has 0 saturated carbocycles. The Kier molecular flexibility index (Phi) is 4.76. The van der Waals surface area contributed by atoms with Crippen LogP contribution in [0.2, 0.25) is 0 Å². The van der Waals surface area contributed by atoms with Gasteiger partial charge in [-0.15, -0.1) is 10.2 Å². The molecule has 1 aliphatic heterocycles. The van der Waals surface area contributed by atoms with Crippen LogP contribution in [0.1, 0.15) is 37.9 Å². The first-order valence-electron chi connectivity index (χ1n) is 10.0. The van der Waals surface area contributed by atoms with Gasteiger partial charge in [-0.05, 0) is 32.0 Å². The van der Waals surface area contributed by atoms with Gasteiger partial charge in [0.1, 0.15) is 11.5 Å². The summed E-state index contributed by atoms with van der Waals surface area (Å²) in [5.41, 5.74) is 5.25. The number of aryl methyl sites for hydroxylation is 2. The second-order valence-electron chi connectivity index (χ2n) is 8.86. The van der Waals surface area contributed by atoms with E-state index in [-0.39, 0.29) is 5.41 Å². The average Bonchev–Trinajstić information content (AvgIpc) is 3.23. The van der Waals surface area contributed by atoms with Crippen molar-refractivity contribution in [1.82, 2.24) is 19.9 Å². The van der Waals surface area contributed by atoms with Gasteiger partial charge in [-0.1, -0.05) is 44.5 Å². The summed E-state index contributed by atoms with van der Waals surface area (Å²) in [5.74, 6) is 2.28. The molecule has 0 spiro atoms. The number of anilines is 1. The van der Waals surface area contributed by atoms with Crippen LogP contribution in [0.3, 0.4) is 0 Å². The van der Waals surface area contributed by atoms with E-state index in [1.807, 2.05) is 54.9 Å². The first-order chi connectivity index (χ1) is 14.1. The van der Waals surface area contributed by atoms with Crippen molar-refractivity contribution >= 4 is 22.9 Å². The van der Waals surface area contributed by atoms with Crippen LogP contribution in [0, 0.1) is 19.3 Å². The Morgan fingerprint density at radius 1 is 0.967 bits per heavy atom. The van der Waals surface area contributed by atoms with E-state index in [0.717, 1.165) is 40.0 Å². The van der Waals surface area contributed by atoms with E-state index < -0.39 is 0 Å². The largest absolute Gasteiger partial charge is 0.363 e. The first kappa shape index (κ1) is 19.9. The third-order valence-electron chi connectivity index (χ3n) is 5.00. The second-order valence-corrected chi connectivity index (χ2v) is 8.86. The molecular formula is C23H27N7. The minimum atomic E-state index is -0.200. The topological polar surface area (TPSA) is 71.6 Å². The number of hydrogen-bond acceptors (Lipinski definition) is 6. The summed E-state index contributed by atoms with van der Waals surface area (Å²) in [5, 5.41) is 13.8. The summed E-state index contributed by atoms with van der Waals surface area (Å²) in [6.07, 6.45) is 0. The monoisotopic (exact) mass is 401 g/mol. The Morgan fingerprint density at radius 2 is 1.70 bits per heavy atom. The zero-order valence-electron chi connectivity index (χ0n) is 18.6. The number of aromatic nitrogens is 4. The van der Waals surface area contributed by atoms with Crippen molar-refractivity contribution in [2.24, 2.45) is 15.5 Å². The standard InChI is InChI=1S/C23H27N7/c1-14-9-8-10-16(13-14)21-26-27-22-19(20(23(3,4)5)28-30(21)22)25-17-11-12-18(29(6)7)24-15(17)2/h8-13H,1-7H3. The smallest absolute Gasteiger partial charge is 0.205 e. The van der Waals surface area contributed by atoms with Crippen LogP contribution in [0.5, 0.6) is 0 Å². The van der Waals surface area contributed by atoms with Crippen molar-refractivity contribution in [3.8, 4) is 11.4 Å². The maximum absolute atomic E-state index is 4.95. The van der Waals surface area contributed by atoms with Crippen molar-refractivity contribution in [2.75, 3.05) is 19.0 Å². The number of hydrogen-bond donors (Lipinski definition) is 0. The molecule has 30 heavy (non-hydrogen) atoms. The normalized spacial score (nSPS) is 14.8. The molecule has 0 radical (unpaired) electrons. The van der Waals surface area contributed by atoms with Crippen LogP contribution in [0.25, 0.3) is 11.4 Å². The maximum atomic E-state index is 4.95. The van der Waals surface area contributed by atoms with Crippen LogP contribution in [-0.2, 0) is 0 Å². The van der Waals surface area contributed by atoms with Crippen LogP contribution in [0.15, 0.2) is 46.5 Å². The van der Waals surface area contributed by atoms with Crippen molar-refractivity contribution in [1.29, 1.82) is 0 Å². The molecule has 3 heterocycles. The van der Waals surface area contributed by atoms with Crippen molar-refractivity contribution in [3.05, 3.63) is 53.5 Å². The molecule has 0 N–H and O–H groups in total. The molecule has 1 aromatic carbocycles. The first-order valence-corrected chi connectivity index (χ1v) is 10.0. The van der Waals surface area contributed by atoms with E-state index in [2.05, 4.69) is 55.0 Å². The van der Waals surface area contributed by atoms with Gasteiger partial charge in [0.2, 0.25) is 5.82 Å². The molecule has 0 saturated heterocycles. The highest BCUT2D eigenvalue weighted by atomic mass is 15.5. The van der Waals surface area contributed by atoms with Gasteiger partial charge in [-0.25, -0.2) is 9.98 Å². The Hall–Kier alpha value is -3.35. The van der Waals surface area contributed by atoms with Gasteiger partial charge >= 0.3 is 0 Å². The predicted molar refractivity (Wildman–Crippen MR) is 122 cm³/mol. The van der Waals surface area contributed by atoms with Crippen molar-refractivity contribution in [3.63, 3.8) is 0 Å². The fourth-order valence-corrected chi connectivity index (χ4v) is 3.38. The lowest BCUT2D eigenvalue weighted by Gasteiger charge is -2.18. The highest BCUT2D eigenvalue weighted by Crippen LogP contribution is 2.31. The van der Waals surface area contributed by atoms with E-state index in [1.165, 1.54) is 5.56 Å². The van der Waals surface area contributed by atoms with Crippen molar-refractivity contribution in [2.45, 2.75) is 34.6 Å². The number of rotatable bonds is 3. The van der Waals surface area contributed by atoms with Gasteiger partial charge in [0.15, 0.2) is 5.82 Å². The Balaban J connectivity index is 1.86. The van der Waals surface area contributed by atoms with Gasteiger partial charge < -0.3 is 4.90 Å². The Labute approximate surface area is 177 Å². The van der Waals surface area contributed by atoms with Crippen LogP contribution in [-0.4, -0.2) is 45.4 Å². The fraction of sp³-hybridized carbons (Fsp3) is 0.348. The number of pyridine rings is 1. The molecule has 0 aliphatic carbocycles. The summed E-state index contributed by atoms with van der Waals surface area (Å²) in [6, 6.07) is 12.2. The second kappa shape index (κ2) is 7.16. The van der Waals surface area contributed by atoms with Gasteiger partial charge in [-0.2, -0.15) is 9.78 Å². The number of aliphatic imine (C=N–C) groups is 1. The van der Waals surface area contributed by atoms with Gasteiger partial charge in [0.25, 0.3) is 0 Å². The summed E-state index contributed by atoms with van der Waals surface area (Å²) in [7, 11) is 3.95. The minimum absolute atomic E-state index is 0.200. The van der Waals surface area contributed by atoms with Crippen LogP contribution in [0.4, 0.5) is 11.5 Å². The molecule has 0 fully saturated rings. The minimum Gasteiger partial charge on any atom is -0.363 e. The Morgan fingerprint density at radius 3 is 2.33 bits per heavy atom. The molecule has 7 heteroatoms. The lowest BCUT2D eigenvalue weighted by atomic mass is 9.87. The van der Waals surface area contributed by atoms with Crippen LogP contribution >= 0.6 is 0 Å². The molecule has 154 valence electrons. The number of benzene rings is 1. The summed E-state index contributed by atoms with van der Waals surface area (Å²) >= 11 is 0. The van der Waals surface area contributed by atoms with E-state index in [0.29, 0.717) is 5.82 Å². The quantitative estimate of drug-likeness (QED) is 0.652. The summed E-state index contributed by atoms with van der Waals surface area (Å²) < 4.78 is 1.81. The molecule has 3 aromatic rings. The third kappa shape index (κ3) is 3.51. The third-order valence-corrected chi connectivity index (χ3v) is 5.00. The predicted octanol–water partition coefficient (Wildman–Crippen LogP) is 4.41. The highest BCUT2D eigenvalue weighted by molar-refractivity contribution is 6.50. The van der Waals surface area contributed by atoms with E-state index >= 15 is 0 Å². The van der Waals surface area contributed by atoms with Gasteiger partial charge in [0.05, 0.1) is 17.1 Å². The molecule has 7 nitrogen and oxygen atoms in total. The maximum Gasteiger partial charge on any atom is 0.205 e. The van der Waals surface area contributed by atoms with E-state index in [9.17, 15) is 0 Å². The zero-order valence-corrected chi connectivity index (χ0v) is 18.6. The molecule has 0 amide bonds. The van der Waals surface area contributed by atoms with Crippen molar-refractivity contribution < 1.29 is 0 Å². The van der Waals surface area contributed by atoms with Gasteiger partial charge in [0, 0.05) is 25.1 Å². The molecular weight excluding hydrogens is 374 g/mol. The lowest BCUT2D eigenvalue weighted by Crippen LogP contribution is -2.27. The summed E-state index contributed by atoms with van der Waals surface area (Å²) in [4.78, 5) is 11.6. The molecule has 1 aliphatic rings. The van der Waals surface area contributed by atoms with Gasteiger partial charge in [-0.3, -0.25) is 0 Å². The lowest BCUT2D eigenvalue weighted by molar-refractivity contribution is 0.594. The molecule has 0 unspecified atom stereocenters. The molecule has 0 atom stereocenters.